The molecule has 1 heterocycles. The number of fused-ring (bicyclic) bond motifs is 3. The van der Waals surface area contributed by atoms with Crippen molar-refractivity contribution in [3.05, 3.63) is 83.1 Å². The van der Waals surface area contributed by atoms with Gasteiger partial charge in [-0.2, -0.15) is 0 Å². The van der Waals surface area contributed by atoms with E-state index in [4.69, 9.17) is 9.15 Å². The van der Waals surface area contributed by atoms with Gasteiger partial charge in [0, 0.05) is 10.9 Å². The normalized spacial score (nSPS) is 11.2. The monoisotopic (exact) mass is 344 g/mol. The van der Waals surface area contributed by atoms with E-state index >= 15 is 0 Å². The van der Waals surface area contributed by atoms with Gasteiger partial charge in [-0.15, -0.1) is 0 Å². The predicted molar refractivity (Wildman–Crippen MR) is 103 cm³/mol. The molecule has 0 radical (unpaired) electrons. The Hall–Kier alpha value is -3.07. The topological polar surface area (TPSA) is 39.4 Å². The van der Waals surface area contributed by atoms with Crippen LogP contribution in [-0.4, -0.2) is 5.97 Å². The Morgan fingerprint density at radius 2 is 1.85 bits per heavy atom. The summed E-state index contributed by atoms with van der Waals surface area (Å²) in [5.74, 6) is -0.249. The molecule has 0 fully saturated rings. The molecule has 0 unspecified atom stereocenters. The van der Waals surface area contributed by atoms with Crippen molar-refractivity contribution in [2.45, 2.75) is 26.9 Å². The highest BCUT2D eigenvalue weighted by atomic mass is 16.5. The van der Waals surface area contributed by atoms with Crippen LogP contribution in [0.5, 0.6) is 0 Å². The van der Waals surface area contributed by atoms with E-state index < -0.39 is 0 Å². The van der Waals surface area contributed by atoms with Crippen LogP contribution in [0.2, 0.25) is 0 Å². The number of carbonyl (C=O) groups is 1. The van der Waals surface area contributed by atoms with Crippen LogP contribution in [0.3, 0.4) is 0 Å². The molecular formula is C23H20O3. The maximum absolute atomic E-state index is 12.4. The van der Waals surface area contributed by atoms with E-state index in [0.29, 0.717) is 6.61 Å². The predicted octanol–water partition coefficient (Wildman–Crippen LogP) is 5.49. The zero-order chi connectivity index (χ0) is 18.1. The molecule has 4 rings (SSSR count). The molecule has 4 aromatic rings. The zero-order valence-corrected chi connectivity index (χ0v) is 14.9. The fraction of sp³-hybridized carbons (Fsp3) is 0.174. The third-order valence-corrected chi connectivity index (χ3v) is 4.77. The highest BCUT2D eigenvalue weighted by Crippen LogP contribution is 2.30. The minimum Gasteiger partial charge on any atom is -0.464 e. The van der Waals surface area contributed by atoms with Crippen molar-refractivity contribution >= 4 is 27.7 Å². The molecular weight excluding hydrogens is 324 g/mol. The van der Waals surface area contributed by atoms with E-state index in [1.165, 1.54) is 0 Å². The van der Waals surface area contributed by atoms with Crippen LogP contribution in [0.25, 0.3) is 21.7 Å². The molecule has 3 aromatic carbocycles. The van der Waals surface area contributed by atoms with Crippen LogP contribution in [-0.2, 0) is 22.6 Å². The average molecular weight is 344 g/mol. The number of aryl methyl sites for hydroxylation is 2. The molecule has 0 bridgehead atoms. The van der Waals surface area contributed by atoms with E-state index in [2.05, 4.69) is 24.3 Å². The second-order valence-corrected chi connectivity index (χ2v) is 6.69. The molecule has 0 saturated heterocycles. The Kier molecular flexibility index (Phi) is 4.21. The van der Waals surface area contributed by atoms with Crippen LogP contribution < -0.4 is 0 Å². The molecule has 3 heteroatoms. The molecule has 0 atom stereocenters. The lowest BCUT2D eigenvalue weighted by Crippen LogP contribution is -2.08. The molecule has 0 spiro atoms. The second-order valence-electron chi connectivity index (χ2n) is 6.69. The van der Waals surface area contributed by atoms with E-state index in [9.17, 15) is 4.79 Å². The largest absolute Gasteiger partial charge is 0.464 e. The lowest BCUT2D eigenvalue weighted by Gasteiger charge is -2.08. The average Bonchev–Trinajstić information content (AvgIpc) is 3.06. The summed E-state index contributed by atoms with van der Waals surface area (Å²) in [7, 11) is 0. The standard InChI is InChI=1S/C23H20O3/c1-15-7-8-16(2)18(11-15)13-26-22(24)12-19-14-25-21-10-9-17-5-3-4-6-20(17)23(19)21/h3-11,14H,12-13H2,1-2H3. The van der Waals surface area contributed by atoms with Crippen LogP contribution in [0, 0.1) is 13.8 Å². The molecule has 0 N–H and O–H groups in total. The van der Waals surface area contributed by atoms with Gasteiger partial charge >= 0.3 is 5.97 Å². The Morgan fingerprint density at radius 3 is 2.73 bits per heavy atom. The van der Waals surface area contributed by atoms with E-state index in [0.717, 1.165) is 44.0 Å². The smallest absolute Gasteiger partial charge is 0.310 e. The summed E-state index contributed by atoms with van der Waals surface area (Å²) in [5.41, 5.74) is 4.99. The zero-order valence-electron chi connectivity index (χ0n) is 14.9. The van der Waals surface area contributed by atoms with Crippen LogP contribution >= 0.6 is 0 Å². The minimum absolute atomic E-state index is 0.200. The van der Waals surface area contributed by atoms with Crippen molar-refractivity contribution in [1.29, 1.82) is 0 Å². The minimum atomic E-state index is -0.249. The van der Waals surface area contributed by atoms with Crippen molar-refractivity contribution in [2.75, 3.05) is 0 Å². The Labute approximate surface area is 152 Å². The summed E-state index contributed by atoms with van der Waals surface area (Å²) in [6.45, 7) is 4.36. The van der Waals surface area contributed by atoms with E-state index in [-0.39, 0.29) is 12.4 Å². The summed E-state index contributed by atoms with van der Waals surface area (Å²) in [5, 5.41) is 3.22. The highest BCUT2D eigenvalue weighted by Gasteiger charge is 2.14. The fourth-order valence-corrected chi connectivity index (χ4v) is 3.33. The number of rotatable bonds is 4. The van der Waals surface area contributed by atoms with Gasteiger partial charge < -0.3 is 9.15 Å². The number of esters is 1. The highest BCUT2D eigenvalue weighted by molar-refractivity contribution is 6.08. The van der Waals surface area contributed by atoms with E-state index in [1.807, 2.05) is 44.2 Å². The van der Waals surface area contributed by atoms with Gasteiger partial charge in [0.1, 0.15) is 12.2 Å². The maximum atomic E-state index is 12.4. The second kappa shape index (κ2) is 6.68. The Balaban J connectivity index is 1.56. The number of benzene rings is 3. The van der Waals surface area contributed by atoms with Crippen molar-refractivity contribution in [3.63, 3.8) is 0 Å². The van der Waals surface area contributed by atoms with Gasteiger partial charge in [0.25, 0.3) is 0 Å². The first-order chi connectivity index (χ1) is 12.6. The van der Waals surface area contributed by atoms with Crippen LogP contribution in [0.4, 0.5) is 0 Å². The fourth-order valence-electron chi connectivity index (χ4n) is 3.33. The van der Waals surface area contributed by atoms with Crippen molar-refractivity contribution in [3.8, 4) is 0 Å². The van der Waals surface area contributed by atoms with Gasteiger partial charge in [0.15, 0.2) is 0 Å². The number of furan rings is 1. The lowest BCUT2D eigenvalue weighted by atomic mass is 10.0. The van der Waals surface area contributed by atoms with Gasteiger partial charge in [-0.1, -0.05) is 54.1 Å². The van der Waals surface area contributed by atoms with Crippen LogP contribution in [0.15, 0.2) is 65.3 Å². The van der Waals surface area contributed by atoms with Gasteiger partial charge in [-0.25, -0.2) is 0 Å². The molecule has 0 saturated carbocycles. The molecule has 0 aliphatic carbocycles. The molecule has 3 nitrogen and oxygen atoms in total. The molecule has 0 aliphatic heterocycles. The van der Waals surface area contributed by atoms with Crippen molar-refractivity contribution < 1.29 is 13.9 Å². The van der Waals surface area contributed by atoms with Gasteiger partial charge in [-0.05, 0) is 41.8 Å². The Bertz CT molecular complexity index is 1110. The SMILES string of the molecule is Cc1ccc(C)c(COC(=O)Cc2coc3ccc4ccccc4c23)c1. The molecule has 130 valence electrons. The third-order valence-electron chi connectivity index (χ3n) is 4.77. The molecule has 0 amide bonds. The summed E-state index contributed by atoms with van der Waals surface area (Å²) in [6, 6.07) is 18.3. The van der Waals surface area contributed by atoms with Gasteiger partial charge in [0.2, 0.25) is 0 Å². The lowest BCUT2D eigenvalue weighted by molar-refractivity contribution is -0.144. The first-order valence-electron chi connectivity index (χ1n) is 8.71. The Morgan fingerprint density at radius 1 is 1.00 bits per heavy atom. The first kappa shape index (κ1) is 16.4. The third kappa shape index (κ3) is 3.08. The number of hydrogen-bond acceptors (Lipinski definition) is 3. The summed E-state index contributed by atoms with van der Waals surface area (Å²) in [4.78, 5) is 12.4. The van der Waals surface area contributed by atoms with Gasteiger partial charge in [-0.3, -0.25) is 4.79 Å². The molecule has 1 aromatic heterocycles. The van der Waals surface area contributed by atoms with Crippen molar-refractivity contribution in [2.24, 2.45) is 0 Å². The molecule has 26 heavy (non-hydrogen) atoms. The summed E-state index contributed by atoms with van der Waals surface area (Å²) < 4.78 is 11.2. The molecule has 0 aliphatic rings. The number of carbonyl (C=O) groups excluding carboxylic acids is 1. The first-order valence-corrected chi connectivity index (χ1v) is 8.71. The number of ether oxygens (including phenoxy) is 1. The van der Waals surface area contributed by atoms with E-state index in [1.54, 1.807) is 6.26 Å². The summed E-state index contributed by atoms with van der Waals surface area (Å²) >= 11 is 0. The maximum Gasteiger partial charge on any atom is 0.310 e. The van der Waals surface area contributed by atoms with Crippen LogP contribution in [0.1, 0.15) is 22.3 Å². The number of hydrogen-bond donors (Lipinski definition) is 0. The quantitative estimate of drug-likeness (QED) is 0.460. The van der Waals surface area contributed by atoms with Crippen molar-refractivity contribution in [1.82, 2.24) is 0 Å². The summed E-state index contributed by atoms with van der Waals surface area (Å²) in [6.07, 6.45) is 1.86. The van der Waals surface area contributed by atoms with Gasteiger partial charge in [0.05, 0.1) is 12.7 Å².